The van der Waals surface area contributed by atoms with E-state index in [0.717, 1.165) is 47.0 Å². The summed E-state index contributed by atoms with van der Waals surface area (Å²) in [7, 11) is 0. The number of rotatable bonds is 30. The van der Waals surface area contributed by atoms with Crippen molar-refractivity contribution in [3.63, 3.8) is 0 Å². The molecule has 9 N–H and O–H groups in total. The molecule has 2 saturated heterocycles. The van der Waals surface area contributed by atoms with Crippen LogP contribution >= 0.6 is 24.0 Å². The maximum Gasteiger partial charge on any atom is 0.315 e. The third-order valence-electron chi connectivity index (χ3n) is 10.2. The molecule has 21 heteroatoms. The van der Waals surface area contributed by atoms with Gasteiger partial charge in [-0.15, -0.1) is 0 Å². The number of imide groups is 1. The predicted octanol–water partition coefficient (Wildman–Crippen LogP) is 1.53. The van der Waals surface area contributed by atoms with Gasteiger partial charge in [0.25, 0.3) is 11.8 Å². The molecule has 3 aliphatic heterocycles. The van der Waals surface area contributed by atoms with Crippen LogP contribution in [0, 0.1) is 0 Å². The molecule has 2 fully saturated rings. The number of hydrogen-bond acceptors (Lipinski definition) is 13. The number of aromatic nitrogens is 2. The molecule has 5 rings (SSSR count). The van der Waals surface area contributed by atoms with E-state index in [0.29, 0.717) is 90.1 Å². The lowest BCUT2D eigenvalue weighted by molar-refractivity contribution is -0.137. The van der Waals surface area contributed by atoms with Crippen molar-refractivity contribution in [1.29, 1.82) is 0 Å². The minimum atomic E-state index is -0.688. The Morgan fingerprint density at radius 1 is 0.887 bits per heavy atom. The van der Waals surface area contributed by atoms with Crippen molar-refractivity contribution in [2.45, 2.75) is 87.4 Å². The normalized spacial score (nSPS) is 18.8. The number of imidazole rings is 1. The Hall–Kier alpha value is -4.80. The number of aliphatic hydroxyl groups excluding tert-OH is 1. The minimum Gasteiger partial charge on any atom is -0.379 e. The Balaban J connectivity index is 0.854. The van der Waals surface area contributed by atoms with Crippen LogP contribution in [-0.2, 0) is 39.8 Å². The van der Waals surface area contributed by atoms with Gasteiger partial charge in [-0.25, -0.2) is 9.78 Å². The third kappa shape index (κ3) is 17.2. The summed E-state index contributed by atoms with van der Waals surface area (Å²) in [5.74, 6) is -0.102. The molecule has 3 aliphatic rings. The highest BCUT2D eigenvalue weighted by Gasteiger charge is 2.42. The number of nitrogens with one attached hydrogen (secondary N) is 8. The van der Waals surface area contributed by atoms with Crippen LogP contribution in [0.2, 0.25) is 0 Å². The number of H-pyrrole nitrogens is 1. The molecular weight excluding hydrogens is 841 g/mol. The molecule has 0 aliphatic carbocycles. The maximum atomic E-state index is 13.2. The Morgan fingerprint density at radius 2 is 1.56 bits per heavy atom. The fourth-order valence-electron chi connectivity index (χ4n) is 6.98. The third-order valence-corrected chi connectivity index (χ3v) is 11.9. The first-order chi connectivity index (χ1) is 30.1. The van der Waals surface area contributed by atoms with Crippen LogP contribution < -0.4 is 37.2 Å². The summed E-state index contributed by atoms with van der Waals surface area (Å²) in [5.41, 5.74) is 2.26. The molecule has 62 heavy (non-hydrogen) atoms. The van der Waals surface area contributed by atoms with E-state index < -0.39 is 12.3 Å². The van der Waals surface area contributed by atoms with Crippen molar-refractivity contribution in [3.8, 4) is 0 Å². The van der Waals surface area contributed by atoms with E-state index in [1.54, 1.807) is 12.5 Å². The van der Waals surface area contributed by atoms with E-state index in [9.17, 15) is 29.1 Å². The number of fused-ring (bicyclic) bond motifs is 1. The lowest BCUT2D eigenvalue weighted by Gasteiger charge is -2.20. The van der Waals surface area contributed by atoms with Gasteiger partial charge in [0.2, 0.25) is 11.8 Å². The Bertz CT molecular complexity index is 1750. The van der Waals surface area contributed by atoms with Gasteiger partial charge in [0.15, 0.2) is 5.11 Å². The number of carbonyl (C=O) groups excluding carboxylic acids is 5. The van der Waals surface area contributed by atoms with Gasteiger partial charge in [-0.1, -0.05) is 6.42 Å². The molecule has 1 aromatic carbocycles. The summed E-state index contributed by atoms with van der Waals surface area (Å²) < 4.78 is 16.7. The van der Waals surface area contributed by atoms with Crippen LogP contribution in [-0.4, -0.2) is 149 Å². The van der Waals surface area contributed by atoms with Crippen molar-refractivity contribution in [2.75, 3.05) is 75.7 Å². The van der Waals surface area contributed by atoms with E-state index in [2.05, 4.69) is 47.2 Å². The number of thioether (sulfide) groups is 1. The summed E-state index contributed by atoms with van der Waals surface area (Å²) in [6, 6.07) is 7.06. The number of urea groups is 1. The average Bonchev–Trinajstić information content (AvgIpc) is 4.05. The van der Waals surface area contributed by atoms with E-state index in [1.807, 2.05) is 36.0 Å². The summed E-state index contributed by atoms with van der Waals surface area (Å²) in [6.45, 7) is 3.65. The van der Waals surface area contributed by atoms with Gasteiger partial charge in [-0.2, -0.15) is 11.8 Å². The highest BCUT2D eigenvalue weighted by molar-refractivity contribution is 8.00. The molecule has 4 heterocycles. The van der Waals surface area contributed by atoms with E-state index >= 15 is 0 Å². The first-order valence-electron chi connectivity index (χ1n) is 21.2. The number of unbranched alkanes of at least 4 members (excludes halogenated alkanes) is 1. The number of thiocarbonyl (C=S) groups is 1. The topological polar surface area (TPSA) is 249 Å². The molecule has 340 valence electrons. The van der Waals surface area contributed by atoms with Crippen LogP contribution in [0.5, 0.6) is 0 Å². The molecule has 1 aromatic heterocycles. The number of carbonyl (C=O) groups is 5. The predicted molar refractivity (Wildman–Crippen MR) is 238 cm³/mol. The van der Waals surface area contributed by atoms with Crippen LogP contribution in [0.25, 0.3) is 0 Å². The highest BCUT2D eigenvalue weighted by Crippen LogP contribution is 2.33. The zero-order valence-corrected chi connectivity index (χ0v) is 36.5. The summed E-state index contributed by atoms with van der Waals surface area (Å²) in [6.07, 6.45) is 10.7. The molecule has 0 spiro atoms. The van der Waals surface area contributed by atoms with E-state index in [-0.39, 0.29) is 59.8 Å². The number of hydrogen-bond donors (Lipinski definition) is 9. The van der Waals surface area contributed by atoms with Gasteiger partial charge >= 0.3 is 6.03 Å². The maximum absolute atomic E-state index is 13.2. The second-order valence-electron chi connectivity index (χ2n) is 15.0. The zero-order valence-electron chi connectivity index (χ0n) is 34.9. The fourth-order valence-corrected chi connectivity index (χ4v) is 8.79. The van der Waals surface area contributed by atoms with E-state index in [1.165, 1.54) is 12.2 Å². The Kier molecular flexibility index (Phi) is 20.7. The molecule has 5 atom stereocenters. The Morgan fingerprint density at radius 3 is 2.26 bits per heavy atom. The van der Waals surface area contributed by atoms with Crippen LogP contribution in [0.15, 0.2) is 48.9 Å². The fraction of sp³-hybridized carbons (Fsp3) is 0.585. The molecule has 1 unspecified atom stereocenters. The number of benzene rings is 1. The van der Waals surface area contributed by atoms with Crippen molar-refractivity contribution in [1.82, 2.24) is 41.5 Å². The smallest absolute Gasteiger partial charge is 0.315 e. The lowest BCUT2D eigenvalue weighted by atomic mass is 10.0. The zero-order chi connectivity index (χ0) is 43.9. The number of nitrogens with zero attached hydrogens (tertiary/aromatic N) is 2. The number of amides is 6. The molecule has 0 bridgehead atoms. The standard InChI is InChI=1S/C41H60N10O9S2/c52-34(8-3-17-51-36(54)13-14-37(51)55)43-15-4-18-58-20-22-60-23-21-59-19-5-16-44-39(56)31(24-30-25-42-27-45-30)49-41(61)47-29-11-9-28(10-12-29)46-35(53)7-2-1-6-33-38-32(26-62-33)48-40(57)50-38/h9-14,25,27,31-33,35,38,46,53H,1-8,15-24,26H2,(H,42,45)(H,43,52)(H,44,56)(H2,47,49,61)(H2,48,50,57)/t31-,32-,33-,35?,38-/m0/s1. The SMILES string of the molecule is O=C(CCCN1C(=O)C=CC1=O)NCCCOCCOCCOCCCNC(=O)[C@H](Cc1cnc[nH]1)NC(=S)Nc1ccc(NC(O)CCCC[C@@H]2SC[C@@H]3NC(=O)N[C@@H]32)cc1. The van der Waals surface area contributed by atoms with Crippen molar-refractivity contribution < 1.29 is 43.3 Å². The second kappa shape index (κ2) is 26.6. The minimum absolute atomic E-state index is 0.0737. The molecule has 2 aromatic rings. The molecule has 0 saturated carbocycles. The summed E-state index contributed by atoms with van der Waals surface area (Å²) >= 11 is 7.46. The van der Waals surface area contributed by atoms with Gasteiger partial charge in [0, 0.05) is 92.1 Å². The van der Waals surface area contributed by atoms with Gasteiger partial charge in [0.05, 0.1) is 44.8 Å². The highest BCUT2D eigenvalue weighted by atomic mass is 32.2. The molecule has 6 amide bonds. The number of aliphatic hydroxyl groups is 1. The van der Waals surface area contributed by atoms with Crippen LogP contribution in [0.1, 0.15) is 57.1 Å². The summed E-state index contributed by atoms with van der Waals surface area (Å²) in [4.78, 5) is 68.1. The van der Waals surface area contributed by atoms with Gasteiger partial charge in [-0.05, 0) is 75.0 Å². The monoisotopic (exact) mass is 900 g/mol. The number of ether oxygens (including phenoxy) is 3. The van der Waals surface area contributed by atoms with E-state index in [4.69, 9.17) is 26.4 Å². The van der Waals surface area contributed by atoms with Crippen molar-refractivity contribution in [3.05, 3.63) is 54.6 Å². The number of anilines is 2. The molecular formula is C41H60N10O9S2. The van der Waals surface area contributed by atoms with Crippen LogP contribution in [0.3, 0.4) is 0 Å². The largest absolute Gasteiger partial charge is 0.379 e. The van der Waals surface area contributed by atoms with Crippen molar-refractivity contribution >= 4 is 70.1 Å². The lowest BCUT2D eigenvalue weighted by Crippen LogP contribution is -2.49. The Labute approximate surface area is 371 Å². The average molecular weight is 901 g/mol. The summed E-state index contributed by atoms with van der Waals surface area (Å²) in [5, 5.41) is 32.4. The second-order valence-corrected chi connectivity index (χ2v) is 16.7. The quantitative estimate of drug-likeness (QED) is 0.0177. The van der Waals surface area contributed by atoms with Gasteiger partial charge < -0.3 is 61.5 Å². The van der Waals surface area contributed by atoms with Gasteiger partial charge in [-0.3, -0.25) is 24.1 Å². The van der Waals surface area contributed by atoms with Crippen LogP contribution in [0.4, 0.5) is 16.2 Å². The van der Waals surface area contributed by atoms with Crippen molar-refractivity contribution in [2.24, 2.45) is 0 Å². The number of aromatic amines is 1. The first kappa shape index (κ1) is 48.2. The first-order valence-corrected chi connectivity index (χ1v) is 22.7. The van der Waals surface area contributed by atoms with Gasteiger partial charge in [0.1, 0.15) is 12.3 Å². The molecule has 19 nitrogen and oxygen atoms in total. The molecule has 0 radical (unpaired) electrons.